The van der Waals surface area contributed by atoms with Crippen molar-refractivity contribution in [2.24, 2.45) is 0 Å². The molecule has 3 aromatic rings. The molecule has 0 fully saturated rings. The molecule has 34 heavy (non-hydrogen) atoms. The molecule has 0 saturated carbocycles. The van der Waals surface area contributed by atoms with Crippen LogP contribution in [0.4, 0.5) is 17.1 Å². The number of phenols is 1. The van der Waals surface area contributed by atoms with E-state index in [1.54, 1.807) is 0 Å². The second-order valence-electron chi connectivity index (χ2n) is 7.09. The number of sulfonamides is 1. The number of nitrogens with two attached hydrogens (primary N) is 2. The quantitative estimate of drug-likeness (QED) is 0.112. The van der Waals surface area contributed by atoms with Crippen molar-refractivity contribution in [3.63, 3.8) is 0 Å². The molecule has 0 spiro atoms. The molecule has 11 nitrogen and oxygen atoms in total. The predicted molar refractivity (Wildman–Crippen MR) is 124 cm³/mol. The molecule has 3 aromatic carbocycles. The van der Waals surface area contributed by atoms with Gasteiger partial charge in [0.1, 0.15) is 10.6 Å². The molecule has 0 amide bonds. The van der Waals surface area contributed by atoms with Crippen LogP contribution in [0.3, 0.4) is 0 Å². The van der Waals surface area contributed by atoms with Gasteiger partial charge in [0.05, 0.1) is 33.1 Å². The van der Waals surface area contributed by atoms with E-state index in [1.165, 1.54) is 24.3 Å². The molecule has 1 aliphatic carbocycles. The van der Waals surface area contributed by atoms with Gasteiger partial charge in [-0.25, -0.2) is 8.42 Å². The fourth-order valence-corrected chi connectivity index (χ4v) is 5.24. The second kappa shape index (κ2) is 8.69. The molecule has 0 aromatic heterocycles. The van der Waals surface area contributed by atoms with Gasteiger partial charge in [-0.1, -0.05) is 24.3 Å². The van der Waals surface area contributed by atoms with E-state index < -0.39 is 64.0 Å². The van der Waals surface area contributed by atoms with Crippen LogP contribution >= 0.6 is 0 Å². The van der Waals surface area contributed by atoms with Crippen LogP contribution in [-0.2, 0) is 20.1 Å². The number of phenolic OH excluding ortho intramolecular Hbond substituents is 1. The first-order valence-electron chi connectivity index (χ1n) is 9.06. The van der Waals surface area contributed by atoms with E-state index in [2.05, 4.69) is 4.72 Å². The first-order chi connectivity index (χ1) is 15.3. The van der Waals surface area contributed by atoms with Crippen LogP contribution in [0, 0.1) is 0 Å². The molecule has 4 rings (SSSR count). The summed E-state index contributed by atoms with van der Waals surface area (Å²) < 4.78 is 61.3. The van der Waals surface area contributed by atoms with Crippen LogP contribution in [0.25, 0.3) is 0 Å². The Kier molecular flexibility index (Phi) is 6.56. The molecular formula is C20H16N3NaO8S2. The third-order valence-corrected chi connectivity index (χ3v) is 7.29. The molecule has 0 bridgehead atoms. The van der Waals surface area contributed by atoms with Gasteiger partial charge in [-0.2, -0.15) is 8.42 Å². The number of carbonyl (C=O) groups excluding carboxylic acids is 2. The zero-order valence-corrected chi connectivity index (χ0v) is 18.1. The maximum atomic E-state index is 13.2. The third-order valence-electron chi connectivity index (χ3n) is 5.03. The number of fused-ring (bicyclic) bond motifs is 2. The molecular weight excluding hydrogens is 497 g/mol. The Morgan fingerprint density at radius 1 is 0.824 bits per heavy atom. The van der Waals surface area contributed by atoms with E-state index in [-0.39, 0.29) is 52.1 Å². The Morgan fingerprint density at radius 3 is 1.91 bits per heavy atom. The number of anilines is 3. The monoisotopic (exact) mass is 513 g/mol. The summed E-state index contributed by atoms with van der Waals surface area (Å²) in [5.74, 6) is -1.97. The summed E-state index contributed by atoms with van der Waals surface area (Å²) >= 11 is 0. The Bertz CT molecular complexity index is 1600. The van der Waals surface area contributed by atoms with Gasteiger partial charge in [0.15, 0.2) is 11.6 Å². The standard InChI is InChI=1S/C20H15N3O8S2.Na.H/c21-12-7-9(5-6-14(12)24)32(27,28)23-13-8-15(33(29,30)31)18(22)17-16(13)19(25)10-3-1-2-4-11(10)20(17)26;;/h1-8,23-24H,21-22H2,(H,29,30,31);;. The molecule has 0 radical (unpaired) electrons. The van der Waals surface area contributed by atoms with Crippen LogP contribution < -0.4 is 16.2 Å². The van der Waals surface area contributed by atoms with E-state index in [4.69, 9.17) is 11.5 Å². The summed E-state index contributed by atoms with van der Waals surface area (Å²) in [5.41, 5.74) is 8.72. The Hall–Kier alpha value is -2.94. The Labute approximate surface area is 215 Å². The number of hydrogen-bond donors (Lipinski definition) is 5. The molecule has 0 heterocycles. The van der Waals surface area contributed by atoms with Crippen molar-refractivity contribution in [1.82, 2.24) is 0 Å². The number of rotatable bonds is 4. The first-order valence-corrected chi connectivity index (χ1v) is 12.0. The summed E-state index contributed by atoms with van der Waals surface area (Å²) in [5, 5.41) is 9.54. The van der Waals surface area contributed by atoms with Crippen LogP contribution in [0.1, 0.15) is 31.8 Å². The molecule has 14 heteroatoms. The first kappa shape index (κ1) is 25.7. The third kappa shape index (κ3) is 4.17. The topological polar surface area (TPSA) is 207 Å². The van der Waals surface area contributed by atoms with Gasteiger partial charge in [-0.3, -0.25) is 18.9 Å². The molecule has 0 unspecified atom stereocenters. The van der Waals surface area contributed by atoms with Gasteiger partial charge in [0, 0.05) is 11.1 Å². The van der Waals surface area contributed by atoms with Gasteiger partial charge < -0.3 is 16.6 Å². The average Bonchev–Trinajstić information content (AvgIpc) is 2.73. The molecule has 0 atom stereocenters. The Balaban J connectivity index is 0.00000324. The maximum absolute atomic E-state index is 13.2. The molecule has 172 valence electrons. The summed E-state index contributed by atoms with van der Waals surface area (Å²) in [6.45, 7) is 0. The SMILES string of the molecule is Nc1cc(S(=O)(=O)Nc2cc(S(=O)(=O)O)c(N)c3c2C(=O)c2ccccc2C3=O)ccc1O.[NaH]. The normalized spacial score (nSPS) is 13.0. The molecule has 7 N–H and O–H groups in total. The Morgan fingerprint density at radius 2 is 1.38 bits per heavy atom. The number of benzene rings is 3. The summed E-state index contributed by atoms with van der Waals surface area (Å²) in [6.07, 6.45) is 0. The van der Waals surface area contributed by atoms with Gasteiger partial charge >= 0.3 is 29.6 Å². The molecule has 0 aliphatic heterocycles. The number of aromatic hydroxyl groups is 1. The average molecular weight is 513 g/mol. The van der Waals surface area contributed by atoms with Crippen molar-refractivity contribution >= 4 is 78.3 Å². The molecule has 1 aliphatic rings. The zero-order valence-electron chi connectivity index (χ0n) is 16.4. The molecule has 0 saturated heterocycles. The fourth-order valence-electron chi connectivity index (χ4n) is 3.49. The number of nitrogen functional groups attached to an aromatic ring is 2. The van der Waals surface area contributed by atoms with E-state index in [0.29, 0.717) is 6.07 Å². The van der Waals surface area contributed by atoms with Crippen LogP contribution in [0.5, 0.6) is 5.75 Å². The van der Waals surface area contributed by atoms with Crippen LogP contribution in [0.2, 0.25) is 0 Å². The summed E-state index contributed by atoms with van der Waals surface area (Å²) in [6, 6.07) is 9.30. The second-order valence-corrected chi connectivity index (χ2v) is 10.2. The summed E-state index contributed by atoms with van der Waals surface area (Å²) in [7, 11) is -9.52. The van der Waals surface area contributed by atoms with Gasteiger partial charge in [-0.15, -0.1) is 0 Å². The van der Waals surface area contributed by atoms with Gasteiger partial charge in [-0.05, 0) is 24.3 Å². The van der Waals surface area contributed by atoms with Crippen LogP contribution in [-0.4, -0.2) is 67.6 Å². The minimum atomic E-state index is -5.02. The summed E-state index contributed by atoms with van der Waals surface area (Å²) in [4.78, 5) is 24.9. The van der Waals surface area contributed by atoms with Crippen molar-refractivity contribution in [3.8, 4) is 5.75 Å². The van der Waals surface area contributed by atoms with Gasteiger partial charge in [0.2, 0.25) is 0 Å². The van der Waals surface area contributed by atoms with Crippen molar-refractivity contribution in [2.75, 3.05) is 16.2 Å². The van der Waals surface area contributed by atoms with E-state index >= 15 is 0 Å². The van der Waals surface area contributed by atoms with E-state index in [1.807, 2.05) is 0 Å². The van der Waals surface area contributed by atoms with Crippen LogP contribution in [0.15, 0.2) is 58.3 Å². The van der Waals surface area contributed by atoms with E-state index in [0.717, 1.165) is 18.2 Å². The van der Waals surface area contributed by atoms with Crippen molar-refractivity contribution in [2.45, 2.75) is 9.79 Å². The van der Waals surface area contributed by atoms with Crippen molar-refractivity contribution < 1.29 is 36.1 Å². The van der Waals surface area contributed by atoms with Crippen molar-refractivity contribution in [3.05, 3.63) is 70.8 Å². The number of ketones is 2. The minimum absolute atomic E-state index is 0. The fraction of sp³-hybridized carbons (Fsp3) is 0. The predicted octanol–water partition coefficient (Wildman–Crippen LogP) is 0.731. The zero-order chi connectivity index (χ0) is 24.3. The number of carbonyl (C=O) groups is 2. The number of hydrogen-bond acceptors (Lipinski definition) is 9. The number of nitrogens with one attached hydrogen (secondary N) is 1. The van der Waals surface area contributed by atoms with E-state index in [9.17, 15) is 36.1 Å². The van der Waals surface area contributed by atoms with Crippen molar-refractivity contribution in [1.29, 1.82) is 0 Å². The van der Waals surface area contributed by atoms with Gasteiger partial charge in [0.25, 0.3) is 20.1 Å².